The van der Waals surface area contributed by atoms with Crippen molar-refractivity contribution in [2.75, 3.05) is 0 Å². The number of hydrogen-bond acceptors (Lipinski definition) is 3. The van der Waals surface area contributed by atoms with Crippen molar-refractivity contribution in [2.24, 2.45) is 5.73 Å². The van der Waals surface area contributed by atoms with Crippen LogP contribution in [-0.2, 0) is 13.1 Å². The smallest absolute Gasteiger partial charge is 0.166 e. The van der Waals surface area contributed by atoms with Gasteiger partial charge in [0.15, 0.2) is 6.29 Å². The average Bonchev–Trinajstić information content (AvgIpc) is 3.16. The fourth-order valence-electron chi connectivity index (χ4n) is 4.07. The average molecular weight is 406 g/mol. The van der Waals surface area contributed by atoms with Gasteiger partial charge in [0.1, 0.15) is 11.5 Å². The van der Waals surface area contributed by atoms with Crippen molar-refractivity contribution in [1.29, 1.82) is 0 Å². The number of ether oxygens (including phenoxy) is 1. The molecule has 0 unspecified atom stereocenters. The Hall–Kier alpha value is -3.89. The van der Waals surface area contributed by atoms with Crippen molar-refractivity contribution < 1.29 is 9.53 Å². The van der Waals surface area contributed by atoms with Crippen LogP contribution in [0.4, 0.5) is 0 Å². The quantitative estimate of drug-likeness (QED) is 0.357. The third-order valence-electron chi connectivity index (χ3n) is 5.59. The zero-order valence-corrected chi connectivity index (χ0v) is 17.0. The van der Waals surface area contributed by atoms with E-state index in [4.69, 9.17) is 10.5 Å². The predicted octanol–water partition coefficient (Wildman–Crippen LogP) is 5.91. The van der Waals surface area contributed by atoms with Crippen LogP contribution in [0.1, 0.15) is 21.6 Å². The fourth-order valence-corrected chi connectivity index (χ4v) is 4.07. The molecule has 0 bridgehead atoms. The van der Waals surface area contributed by atoms with Crippen LogP contribution < -0.4 is 10.5 Å². The molecule has 5 rings (SSSR count). The summed E-state index contributed by atoms with van der Waals surface area (Å²) in [5.74, 6) is 1.56. The molecule has 0 radical (unpaired) electrons. The minimum Gasteiger partial charge on any atom is -0.457 e. The third kappa shape index (κ3) is 3.69. The van der Waals surface area contributed by atoms with Gasteiger partial charge in [0.05, 0.1) is 5.69 Å². The summed E-state index contributed by atoms with van der Waals surface area (Å²) in [5, 5.41) is 3.26. The van der Waals surface area contributed by atoms with Gasteiger partial charge in [-0.2, -0.15) is 0 Å². The molecule has 4 nitrogen and oxygen atoms in total. The minimum absolute atomic E-state index is 0.459. The van der Waals surface area contributed by atoms with Crippen LogP contribution in [0.15, 0.2) is 91.0 Å². The van der Waals surface area contributed by atoms with Crippen molar-refractivity contribution >= 4 is 28.0 Å². The standard InChI is InChI=1S/C27H22N2O2/c28-16-19-10-11-21-13-23(18-30)29(27(21)12-19)17-22-15-25(31-24-7-2-1-3-8-24)14-20-6-4-5-9-26(20)22/h1-15,18H,16-17,28H2. The molecule has 0 amide bonds. The number of hydrogen-bond donors (Lipinski definition) is 1. The molecule has 0 aliphatic heterocycles. The topological polar surface area (TPSA) is 57.2 Å². The van der Waals surface area contributed by atoms with E-state index < -0.39 is 0 Å². The summed E-state index contributed by atoms with van der Waals surface area (Å²) in [6, 6.07) is 30.1. The highest BCUT2D eigenvalue weighted by molar-refractivity contribution is 5.91. The van der Waals surface area contributed by atoms with Crippen LogP contribution in [0, 0.1) is 0 Å². The van der Waals surface area contributed by atoms with Crippen molar-refractivity contribution in [2.45, 2.75) is 13.1 Å². The van der Waals surface area contributed by atoms with Gasteiger partial charge in [-0.25, -0.2) is 0 Å². The fraction of sp³-hybridized carbons (Fsp3) is 0.0741. The summed E-state index contributed by atoms with van der Waals surface area (Å²) >= 11 is 0. The van der Waals surface area contributed by atoms with Crippen LogP contribution in [0.3, 0.4) is 0 Å². The number of fused-ring (bicyclic) bond motifs is 2. The molecule has 0 fully saturated rings. The summed E-state index contributed by atoms with van der Waals surface area (Å²) in [7, 11) is 0. The molecule has 31 heavy (non-hydrogen) atoms. The molecule has 0 saturated heterocycles. The molecule has 0 aliphatic rings. The van der Waals surface area contributed by atoms with E-state index in [1.54, 1.807) is 0 Å². The van der Waals surface area contributed by atoms with Crippen molar-refractivity contribution in [3.8, 4) is 11.5 Å². The molecule has 4 heteroatoms. The maximum atomic E-state index is 11.8. The second-order valence-corrected chi connectivity index (χ2v) is 7.59. The molecule has 4 aromatic carbocycles. The van der Waals surface area contributed by atoms with Crippen molar-refractivity contribution in [1.82, 2.24) is 4.57 Å². The molecule has 0 saturated carbocycles. The highest BCUT2D eigenvalue weighted by Crippen LogP contribution is 2.31. The van der Waals surface area contributed by atoms with E-state index in [1.807, 2.05) is 66.7 Å². The molecule has 0 aliphatic carbocycles. The minimum atomic E-state index is 0.459. The number of para-hydroxylation sites is 1. The van der Waals surface area contributed by atoms with Gasteiger partial charge in [0.25, 0.3) is 0 Å². The number of rotatable bonds is 6. The predicted molar refractivity (Wildman–Crippen MR) is 125 cm³/mol. The summed E-state index contributed by atoms with van der Waals surface area (Å²) < 4.78 is 8.18. The number of carbonyl (C=O) groups is 1. The van der Waals surface area contributed by atoms with E-state index in [0.29, 0.717) is 18.8 Å². The largest absolute Gasteiger partial charge is 0.457 e. The van der Waals surface area contributed by atoms with Crippen LogP contribution in [0.25, 0.3) is 21.7 Å². The van der Waals surface area contributed by atoms with E-state index in [0.717, 1.165) is 50.6 Å². The Morgan fingerprint density at radius 3 is 2.42 bits per heavy atom. The van der Waals surface area contributed by atoms with E-state index in [1.165, 1.54) is 0 Å². The first-order chi connectivity index (χ1) is 15.2. The molecule has 0 spiro atoms. The third-order valence-corrected chi connectivity index (χ3v) is 5.59. The molecule has 5 aromatic rings. The van der Waals surface area contributed by atoms with Crippen molar-refractivity contribution in [3.63, 3.8) is 0 Å². The first-order valence-corrected chi connectivity index (χ1v) is 10.3. The molecule has 152 valence electrons. The van der Waals surface area contributed by atoms with Gasteiger partial charge >= 0.3 is 0 Å². The van der Waals surface area contributed by atoms with E-state index in [9.17, 15) is 4.79 Å². The highest BCUT2D eigenvalue weighted by Gasteiger charge is 2.13. The summed E-state index contributed by atoms with van der Waals surface area (Å²) in [4.78, 5) is 11.8. The van der Waals surface area contributed by atoms with Crippen LogP contribution in [0.2, 0.25) is 0 Å². The van der Waals surface area contributed by atoms with E-state index in [-0.39, 0.29) is 0 Å². The second-order valence-electron chi connectivity index (χ2n) is 7.59. The van der Waals surface area contributed by atoms with Gasteiger partial charge in [-0.05, 0) is 58.3 Å². The van der Waals surface area contributed by atoms with Gasteiger partial charge in [-0.15, -0.1) is 0 Å². The maximum Gasteiger partial charge on any atom is 0.166 e. The van der Waals surface area contributed by atoms with Crippen molar-refractivity contribution in [3.05, 3.63) is 108 Å². The van der Waals surface area contributed by atoms with Crippen LogP contribution in [-0.4, -0.2) is 10.9 Å². The Bertz CT molecular complexity index is 1390. The number of carbonyl (C=O) groups excluding carboxylic acids is 1. The number of aldehydes is 1. The zero-order valence-electron chi connectivity index (χ0n) is 17.0. The first-order valence-electron chi connectivity index (χ1n) is 10.3. The lowest BCUT2D eigenvalue weighted by Gasteiger charge is -2.14. The monoisotopic (exact) mass is 406 g/mol. The van der Waals surface area contributed by atoms with Gasteiger partial charge in [-0.1, -0.05) is 54.6 Å². The second kappa shape index (κ2) is 8.09. The Morgan fingerprint density at radius 2 is 1.61 bits per heavy atom. The Morgan fingerprint density at radius 1 is 0.806 bits per heavy atom. The van der Waals surface area contributed by atoms with E-state index in [2.05, 4.69) is 28.8 Å². The molecular weight excluding hydrogens is 384 g/mol. The summed E-state index contributed by atoms with van der Waals surface area (Å²) in [6.07, 6.45) is 0.911. The van der Waals surface area contributed by atoms with E-state index >= 15 is 0 Å². The van der Waals surface area contributed by atoms with Crippen LogP contribution in [0.5, 0.6) is 11.5 Å². The Labute approximate surface area is 180 Å². The first kappa shape index (κ1) is 19.1. The normalized spacial score (nSPS) is 11.1. The Kier molecular flexibility index (Phi) is 4.98. The summed E-state index contributed by atoms with van der Waals surface area (Å²) in [6.45, 7) is 1.01. The summed E-state index contributed by atoms with van der Waals surface area (Å²) in [5.41, 5.74) is 9.62. The zero-order chi connectivity index (χ0) is 21.2. The number of benzene rings is 4. The lowest BCUT2D eigenvalue weighted by molar-refractivity contribution is 0.111. The molecule has 0 atom stereocenters. The molecule has 1 heterocycles. The van der Waals surface area contributed by atoms with Crippen LogP contribution >= 0.6 is 0 Å². The van der Waals surface area contributed by atoms with Gasteiger partial charge in [-0.3, -0.25) is 4.79 Å². The number of nitrogens with zero attached hydrogens (tertiary/aromatic N) is 1. The molecule has 1 aromatic heterocycles. The lowest BCUT2D eigenvalue weighted by atomic mass is 10.0. The Balaban J connectivity index is 1.64. The maximum absolute atomic E-state index is 11.8. The lowest BCUT2D eigenvalue weighted by Crippen LogP contribution is -2.05. The SMILES string of the molecule is NCc1ccc2cc(C=O)n(Cc3cc(Oc4ccccc4)cc4ccccc34)c2c1. The van der Waals surface area contributed by atoms with Gasteiger partial charge < -0.3 is 15.0 Å². The van der Waals surface area contributed by atoms with Gasteiger partial charge in [0, 0.05) is 24.0 Å². The van der Waals surface area contributed by atoms with Gasteiger partial charge in [0.2, 0.25) is 0 Å². The highest BCUT2D eigenvalue weighted by atomic mass is 16.5. The molecular formula is C27H22N2O2. The number of nitrogens with two attached hydrogens (primary N) is 1. The molecule has 2 N–H and O–H groups in total. The number of aromatic nitrogens is 1.